The van der Waals surface area contributed by atoms with Crippen molar-refractivity contribution >= 4 is 11.5 Å². The fourth-order valence-electron chi connectivity index (χ4n) is 5.18. The summed E-state index contributed by atoms with van der Waals surface area (Å²) in [6.07, 6.45) is 6.86. The van der Waals surface area contributed by atoms with E-state index in [1.54, 1.807) is 18.2 Å². The van der Waals surface area contributed by atoms with E-state index in [0.717, 1.165) is 60.0 Å². The third-order valence-corrected chi connectivity index (χ3v) is 7.08. The Morgan fingerprint density at radius 1 is 0.971 bits per heavy atom. The second-order valence-electron chi connectivity index (χ2n) is 9.34. The van der Waals surface area contributed by atoms with Crippen molar-refractivity contribution in [2.75, 3.05) is 19.6 Å². The summed E-state index contributed by atoms with van der Waals surface area (Å²) in [4.78, 5) is 14.2. The van der Waals surface area contributed by atoms with Gasteiger partial charge >= 0.3 is 5.97 Å². The zero-order valence-electron chi connectivity index (χ0n) is 19.5. The molecule has 4 nitrogen and oxygen atoms in total. The van der Waals surface area contributed by atoms with Crippen LogP contribution in [-0.4, -0.2) is 35.6 Å². The summed E-state index contributed by atoms with van der Waals surface area (Å²) in [5.74, 6) is 0.594. The predicted molar refractivity (Wildman–Crippen MR) is 135 cm³/mol. The number of hydrogen-bond acceptors (Lipinski definition) is 3. The molecule has 34 heavy (non-hydrogen) atoms. The number of aromatic carboxylic acids is 1. The average molecular weight is 454 g/mol. The number of hydrogen-bond donors (Lipinski definition) is 1. The van der Waals surface area contributed by atoms with Crippen LogP contribution in [0.2, 0.25) is 0 Å². The quantitative estimate of drug-likeness (QED) is 0.493. The van der Waals surface area contributed by atoms with Crippen LogP contribution in [0.15, 0.2) is 78.9 Å². The van der Waals surface area contributed by atoms with Crippen LogP contribution in [0.4, 0.5) is 0 Å². The molecule has 3 aromatic rings. The first-order valence-electron chi connectivity index (χ1n) is 12.2. The molecular formula is C30H31NO3. The van der Waals surface area contributed by atoms with Crippen LogP contribution in [-0.2, 0) is 13.0 Å². The van der Waals surface area contributed by atoms with Gasteiger partial charge < -0.3 is 14.7 Å². The van der Waals surface area contributed by atoms with Gasteiger partial charge in [0.05, 0.1) is 5.56 Å². The summed E-state index contributed by atoms with van der Waals surface area (Å²) >= 11 is 0. The van der Waals surface area contributed by atoms with Crippen molar-refractivity contribution in [1.82, 2.24) is 4.90 Å². The highest BCUT2D eigenvalue weighted by molar-refractivity contribution is 5.92. The number of ether oxygens (including phenoxy) is 1. The second-order valence-corrected chi connectivity index (χ2v) is 9.34. The molecule has 2 aliphatic rings. The minimum Gasteiger partial charge on any atom is -0.488 e. The molecule has 5 rings (SSSR count). The van der Waals surface area contributed by atoms with Crippen molar-refractivity contribution < 1.29 is 14.6 Å². The Balaban J connectivity index is 1.29. The number of fused-ring (bicyclic) bond motifs is 2. The van der Waals surface area contributed by atoms with E-state index < -0.39 is 5.97 Å². The van der Waals surface area contributed by atoms with E-state index in [1.807, 2.05) is 12.1 Å². The van der Waals surface area contributed by atoms with Crippen LogP contribution in [0.5, 0.6) is 5.75 Å². The Morgan fingerprint density at radius 3 is 2.53 bits per heavy atom. The number of carboxylic acids is 1. The molecular weight excluding hydrogens is 422 g/mol. The summed E-state index contributed by atoms with van der Waals surface area (Å²) in [5, 5.41) is 9.53. The summed E-state index contributed by atoms with van der Waals surface area (Å²) in [6.45, 7) is 3.78. The molecule has 0 aromatic heterocycles. The van der Waals surface area contributed by atoms with Gasteiger partial charge in [-0.1, -0.05) is 60.7 Å². The standard InChI is InChI=1S/C30H31NO3/c32-30(33)24-12-13-29-28(20-24)27(26-10-5-4-9-25(26)21-34-29)11-6-16-31-17-14-23(15-18-31)19-22-7-2-1-3-8-22/h1-5,7-13,20,23H,6,14-19,21H2,(H,32,33). The van der Waals surface area contributed by atoms with Gasteiger partial charge in [-0.15, -0.1) is 0 Å². The van der Waals surface area contributed by atoms with Crippen LogP contribution in [0.3, 0.4) is 0 Å². The van der Waals surface area contributed by atoms with E-state index in [1.165, 1.54) is 24.8 Å². The van der Waals surface area contributed by atoms with Crippen LogP contribution in [0.25, 0.3) is 5.57 Å². The lowest BCUT2D eigenvalue weighted by atomic mass is 9.90. The molecule has 0 spiro atoms. The predicted octanol–water partition coefficient (Wildman–Crippen LogP) is 6.05. The van der Waals surface area contributed by atoms with Crippen LogP contribution < -0.4 is 4.74 Å². The topological polar surface area (TPSA) is 49.8 Å². The maximum atomic E-state index is 11.6. The van der Waals surface area contributed by atoms with E-state index >= 15 is 0 Å². The van der Waals surface area contributed by atoms with Crippen molar-refractivity contribution in [1.29, 1.82) is 0 Å². The highest BCUT2D eigenvalue weighted by Crippen LogP contribution is 2.37. The number of likely N-dealkylation sites (tertiary alicyclic amines) is 1. The minimum atomic E-state index is -0.918. The van der Waals surface area contributed by atoms with Gasteiger partial charge in [0, 0.05) is 12.1 Å². The highest BCUT2D eigenvalue weighted by Gasteiger charge is 2.22. The van der Waals surface area contributed by atoms with Gasteiger partial charge in [-0.3, -0.25) is 0 Å². The van der Waals surface area contributed by atoms with Gasteiger partial charge in [0.15, 0.2) is 0 Å². The SMILES string of the molecule is O=C(O)c1ccc2c(c1)C(=CCCN1CCC(Cc3ccccc3)CC1)c1ccccc1CO2. The monoisotopic (exact) mass is 453 g/mol. The largest absolute Gasteiger partial charge is 0.488 e. The molecule has 0 radical (unpaired) electrons. The van der Waals surface area contributed by atoms with Gasteiger partial charge in [-0.25, -0.2) is 4.79 Å². The molecule has 0 atom stereocenters. The fourth-order valence-corrected chi connectivity index (χ4v) is 5.18. The molecule has 174 valence electrons. The Hall–Kier alpha value is -3.37. The summed E-state index contributed by atoms with van der Waals surface area (Å²) in [7, 11) is 0. The van der Waals surface area contributed by atoms with E-state index in [9.17, 15) is 9.90 Å². The molecule has 1 saturated heterocycles. The Labute approximate surface area is 201 Å². The number of rotatable bonds is 6. The summed E-state index contributed by atoms with van der Waals surface area (Å²) < 4.78 is 6.05. The molecule has 0 unspecified atom stereocenters. The number of nitrogens with zero attached hydrogens (tertiary/aromatic N) is 1. The van der Waals surface area contributed by atoms with E-state index in [2.05, 4.69) is 53.4 Å². The molecule has 1 N–H and O–H groups in total. The lowest BCUT2D eigenvalue weighted by molar-refractivity contribution is 0.0697. The van der Waals surface area contributed by atoms with Crippen molar-refractivity contribution in [3.8, 4) is 5.75 Å². The lowest BCUT2D eigenvalue weighted by Gasteiger charge is -2.31. The van der Waals surface area contributed by atoms with Gasteiger partial charge in [0.25, 0.3) is 0 Å². The number of carbonyl (C=O) groups is 1. The first-order valence-corrected chi connectivity index (χ1v) is 12.2. The Kier molecular flexibility index (Phi) is 6.77. The van der Waals surface area contributed by atoms with Crippen molar-refractivity contribution in [3.05, 3.63) is 107 Å². The van der Waals surface area contributed by atoms with Crippen molar-refractivity contribution in [2.45, 2.75) is 32.3 Å². The number of piperidine rings is 1. The van der Waals surface area contributed by atoms with Gasteiger partial charge in [-0.05, 0) is 85.2 Å². The third kappa shape index (κ3) is 5.07. The molecule has 0 amide bonds. The minimum absolute atomic E-state index is 0.285. The summed E-state index contributed by atoms with van der Waals surface area (Å²) in [6, 6.07) is 24.2. The van der Waals surface area contributed by atoms with Crippen molar-refractivity contribution in [2.24, 2.45) is 5.92 Å². The van der Waals surface area contributed by atoms with Gasteiger partial charge in [0.1, 0.15) is 12.4 Å². The molecule has 2 aliphatic heterocycles. The van der Waals surface area contributed by atoms with Crippen molar-refractivity contribution in [3.63, 3.8) is 0 Å². The maximum Gasteiger partial charge on any atom is 0.335 e. The molecule has 0 bridgehead atoms. The van der Waals surface area contributed by atoms with E-state index in [4.69, 9.17) is 4.74 Å². The van der Waals surface area contributed by atoms with Gasteiger partial charge in [0.2, 0.25) is 0 Å². The van der Waals surface area contributed by atoms with Crippen LogP contribution >= 0.6 is 0 Å². The first-order chi connectivity index (χ1) is 16.7. The maximum absolute atomic E-state index is 11.6. The summed E-state index contributed by atoms with van der Waals surface area (Å²) in [5.41, 5.74) is 5.93. The van der Waals surface area contributed by atoms with Crippen LogP contribution in [0.1, 0.15) is 51.9 Å². The fraction of sp³-hybridized carbons (Fsp3) is 0.300. The highest BCUT2D eigenvalue weighted by atomic mass is 16.5. The zero-order valence-corrected chi connectivity index (χ0v) is 19.5. The second kappa shape index (κ2) is 10.3. The van der Waals surface area contributed by atoms with Crippen LogP contribution in [0, 0.1) is 5.92 Å². The molecule has 2 heterocycles. The lowest BCUT2D eigenvalue weighted by Crippen LogP contribution is -2.34. The molecule has 0 saturated carbocycles. The van der Waals surface area contributed by atoms with E-state index in [-0.39, 0.29) is 5.56 Å². The van der Waals surface area contributed by atoms with Gasteiger partial charge in [-0.2, -0.15) is 0 Å². The normalized spacial score (nSPS) is 17.5. The Morgan fingerprint density at radius 2 is 1.74 bits per heavy atom. The smallest absolute Gasteiger partial charge is 0.335 e. The third-order valence-electron chi connectivity index (χ3n) is 7.08. The average Bonchev–Trinajstić information content (AvgIpc) is 3.02. The number of benzene rings is 3. The first kappa shape index (κ1) is 22.4. The molecule has 4 heteroatoms. The molecule has 1 fully saturated rings. The Bertz CT molecular complexity index is 1180. The molecule has 0 aliphatic carbocycles. The molecule has 3 aromatic carbocycles. The van der Waals surface area contributed by atoms with E-state index in [0.29, 0.717) is 6.61 Å². The number of carboxylic acid groups (broad SMARTS) is 1. The zero-order chi connectivity index (χ0) is 23.3.